The highest BCUT2D eigenvalue weighted by Gasteiger charge is 2.24. The fourth-order valence-electron chi connectivity index (χ4n) is 3.49. The summed E-state index contributed by atoms with van der Waals surface area (Å²) in [4.78, 5) is 33.2. The molecule has 2 N–H and O–H groups in total. The van der Waals surface area contributed by atoms with Gasteiger partial charge in [-0.3, -0.25) is 14.5 Å². The minimum Gasteiger partial charge on any atom is -0.492 e. The van der Waals surface area contributed by atoms with E-state index in [0.29, 0.717) is 55.8 Å². The molecule has 0 radical (unpaired) electrons. The van der Waals surface area contributed by atoms with E-state index in [1.165, 1.54) is 23.5 Å². The molecule has 3 aromatic rings. The third-order valence-electron chi connectivity index (χ3n) is 5.28. The second-order valence-corrected chi connectivity index (χ2v) is 8.61. The van der Waals surface area contributed by atoms with Crippen molar-refractivity contribution in [3.05, 3.63) is 71.5 Å². The van der Waals surface area contributed by atoms with Gasteiger partial charge in [-0.25, -0.2) is 9.37 Å². The Morgan fingerprint density at radius 2 is 1.76 bits per heavy atom. The van der Waals surface area contributed by atoms with Gasteiger partial charge in [-0.15, -0.1) is 11.3 Å². The van der Waals surface area contributed by atoms with Crippen LogP contribution in [-0.4, -0.2) is 72.5 Å². The van der Waals surface area contributed by atoms with Crippen LogP contribution in [0.5, 0.6) is 5.75 Å². The normalized spacial score (nSPS) is 14.0. The van der Waals surface area contributed by atoms with Gasteiger partial charge in [-0.05, 0) is 36.4 Å². The zero-order valence-corrected chi connectivity index (χ0v) is 19.4. The van der Waals surface area contributed by atoms with Crippen LogP contribution in [0, 0.1) is 5.82 Å². The van der Waals surface area contributed by atoms with E-state index in [4.69, 9.17) is 4.74 Å². The number of ether oxygens (including phenoxy) is 1. The monoisotopic (exact) mass is 483 g/mol. The van der Waals surface area contributed by atoms with Gasteiger partial charge in [0.25, 0.3) is 5.91 Å². The summed E-state index contributed by atoms with van der Waals surface area (Å²) < 4.78 is 18.6. The first-order valence-corrected chi connectivity index (χ1v) is 11.9. The number of hydrogen-bond acceptors (Lipinski definition) is 7. The van der Waals surface area contributed by atoms with E-state index in [-0.39, 0.29) is 24.2 Å². The smallest absolute Gasteiger partial charge is 0.273 e. The highest BCUT2D eigenvalue weighted by Crippen LogP contribution is 2.22. The van der Waals surface area contributed by atoms with Crippen LogP contribution in [0.15, 0.2) is 60.0 Å². The maximum atomic E-state index is 13.0. The molecule has 0 bridgehead atoms. The van der Waals surface area contributed by atoms with Crippen LogP contribution in [-0.2, 0) is 4.79 Å². The number of para-hydroxylation sites is 1. The number of anilines is 2. The van der Waals surface area contributed by atoms with E-state index in [1.54, 1.807) is 22.4 Å². The molecule has 1 aliphatic rings. The summed E-state index contributed by atoms with van der Waals surface area (Å²) in [5, 5.41) is 8.22. The molecule has 34 heavy (non-hydrogen) atoms. The number of rotatable bonds is 9. The number of amides is 2. The molecule has 4 rings (SSSR count). The molecule has 0 atom stereocenters. The quantitative estimate of drug-likeness (QED) is 0.455. The fraction of sp³-hybridized carbons (Fsp3) is 0.292. The number of hydrogen-bond donors (Lipinski definition) is 2. The number of piperazine rings is 1. The summed E-state index contributed by atoms with van der Waals surface area (Å²) in [6.45, 7) is 3.42. The Balaban J connectivity index is 1.16. The van der Waals surface area contributed by atoms with E-state index in [9.17, 15) is 14.0 Å². The second-order valence-electron chi connectivity index (χ2n) is 7.75. The van der Waals surface area contributed by atoms with Crippen molar-refractivity contribution in [2.45, 2.75) is 0 Å². The number of aromatic nitrogens is 1. The molecule has 0 saturated carbocycles. The highest BCUT2D eigenvalue weighted by atomic mass is 32.1. The lowest BCUT2D eigenvalue weighted by Gasteiger charge is -2.33. The van der Waals surface area contributed by atoms with Crippen molar-refractivity contribution in [3.63, 3.8) is 0 Å². The summed E-state index contributed by atoms with van der Waals surface area (Å²) in [7, 11) is 0. The number of nitrogens with one attached hydrogen (secondary N) is 2. The Labute approximate surface area is 201 Å². The van der Waals surface area contributed by atoms with Gasteiger partial charge in [0, 0.05) is 37.2 Å². The molecule has 2 heterocycles. The summed E-state index contributed by atoms with van der Waals surface area (Å²) >= 11 is 1.32. The Morgan fingerprint density at radius 1 is 1.03 bits per heavy atom. The molecule has 178 valence electrons. The number of carbonyl (C=O) groups excluding carboxylic acids is 2. The molecule has 10 heteroatoms. The van der Waals surface area contributed by atoms with E-state index in [0.717, 1.165) is 5.75 Å². The molecule has 2 aromatic carbocycles. The lowest BCUT2D eigenvalue weighted by Crippen LogP contribution is -2.51. The molecular weight excluding hydrogens is 457 g/mol. The Hall–Kier alpha value is -3.50. The van der Waals surface area contributed by atoms with Gasteiger partial charge in [0.2, 0.25) is 5.91 Å². The largest absolute Gasteiger partial charge is 0.492 e. The lowest BCUT2D eigenvalue weighted by molar-refractivity contribution is -0.122. The molecule has 1 saturated heterocycles. The highest BCUT2D eigenvalue weighted by molar-refractivity contribution is 7.14. The maximum Gasteiger partial charge on any atom is 0.273 e. The predicted molar refractivity (Wildman–Crippen MR) is 129 cm³/mol. The summed E-state index contributed by atoms with van der Waals surface area (Å²) in [6, 6.07) is 15.4. The molecule has 0 spiro atoms. The topological polar surface area (TPSA) is 86.8 Å². The molecular formula is C24H26FN5O3S. The number of thiazole rings is 1. The van der Waals surface area contributed by atoms with E-state index in [2.05, 4.69) is 15.6 Å². The SMILES string of the molecule is O=C(CN1CCN(C(=O)c2csc(Nc3ccc(F)cc3)n2)CC1)NCCOc1ccccc1. The zero-order chi connectivity index (χ0) is 23.8. The van der Waals surface area contributed by atoms with Crippen LogP contribution in [0.2, 0.25) is 0 Å². The Bertz CT molecular complexity index is 1090. The van der Waals surface area contributed by atoms with Crippen LogP contribution >= 0.6 is 11.3 Å². The number of carbonyl (C=O) groups is 2. The van der Waals surface area contributed by atoms with Crippen molar-refractivity contribution in [2.75, 3.05) is 51.2 Å². The Morgan fingerprint density at radius 3 is 2.50 bits per heavy atom. The molecule has 0 aliphatic carbocycles. The van der Waals surface area contributed by atoms with Crippen molar-refractivity contribution in [2.24, 2.45) is 0 Å². The van der Waals surface area contributed by atoms with E-state index in [1.807, 2.05) is 35.2 Å². The maximum absolute atomic E-state index is 13.0. The van der Waals surface area contributed by atoms with Gasteiger partial charge in [-0.1, -0.05) is 18.2 Å². The first-order valence-electron chi connectivity index (χ1n) is 11.0. The number of halogens is 1. The molecule has 1 fully saturated rings. The van der Waals surface area contributed by atoms with Gasteiger partial charge in [0.05, 0.1) is 13.1 Å². The number of nitrogens with zero attached hydrogens (tertiary/aromatic N) is 3. The molecule has 2 amide bonds. The van der Waals surface area contributed by atoms with Gasteiger partial charge < -0.3 is 20.3 Å². The minimum atomic E-state index is -0.311. The third kappa shape index (κ3) is 6.75. The van der Waals surface area contributed by atoms with Crippen molar-refractivity contribution in [1.82, 2.24) is 20.1 Å². The second kappa shape index (κ2) is 11.6. The minimum absolute atomic E-state index is 0.0625. The van der Waals surface area contributed by atoms with Crippen molar-refractivity contribution in [1.29, 1.82) is 0 Å². The van der Waals surface area contributed by atoms with Crippen LogP contribution in [0.25, 0.3) is 0 Å². The lowest BCUT2D eigenvalue weighted by atomic mass is 10.3. The van der Waals surface area contributed by atoms with Crippen molar-refractivity contribution >= 4 is 34.0 Å². The average molecular weight is 484 g/mol. The van der Waals surface area contributed by atoms with Crippen LogP contribution in [0.3, 0.4) is 0 Å². The van der Waals surface area contributed by atoms with E-state index < -0.39 is 0 Å². The number of benzene rings is 2. The molecule has 0 unspecified atom stereocenters. The molecule has 1 aromatic heterocycles. The van der Waals surface area contributed by atoms with Crippen LogP contribution in [0.4, 0.5) is 15.2 Å². The van der Waals surface area contributed by atoms with Crippen LogP contribution < -0.4 is 15.4 Å². The van der Waals surface area contributed by atoms with E-state index >= 15 is 0 Å². The van der Waals surface area contributed by atoms with Crippen molar-refractivity contribution < 1.29 is 18.7 Å². The van der Waals surface area contributed by atoms with Crippen molar-refractivity contribution in [3.8, 4) is 5.75 Å². The summed E-state index contributed by atoms with van der Waals surface area (Å²) in [6.07, 6.45) is 0. The molecule has 8 nitrogen and oxygen atoms in total. The standard InChI is InChI=1S/C24H26FN5O3S/c25-18-6-8-19(9-7-18)27-24-28-21(17-34-24)23(32)30-13-11-29(12-14-30)16-22(31)26-10-15-33-20-4-2-1-3-5-20/h1-9,17H,10-16H2,(H,26,31)(H,27,28). The zero-order valence-electron chi connectivity index (χ0n) is 18.6. The van der Waals surface area contributed by atoms with Gasteiger partial charge in [0.15, 0.2) is 5.13 Å². The van der Waals surface area contributed by atoms with Crippen LogP contribution in [0.1, 0.15) is 10.5 Å². The Kier molecular flexibility index (Phi) is 8.05. The van der Waals surface area contributed by atoms with Gasteiger partial charge in [-0.2, -0.15) is 0 Å². The first-order chi connectivity index (χ1) is 16.6. The molecule has 1 aliphatic heterocycles. The summed E-state index contributed by atoms with van der Waals surface area (Å²) in [5.41, 5.74) is 1.08. The summed E-state index contributed by atoms with van der Waals surface area (Å²) in [5.74, 6) is 0.267. The van der Waals surface area contributed by atoms with Gasteiger partial charge in [0.1, 0.15) is 23.9 Å². The average Bonchev–Trinajstić information content (AvgIpc) is 3.32. The third-order valence-corrected chi connectivity index (χ3v) is 6.04. The predicted octanol–water partition coefficient (Wildman–Crippen LogP) is 2.98. The fourth-order valence-corrected chi connectivity index (χ4v) is 4.20. The van der Waals surface area contributed by atoms with Gasteiger partial charge >= 0.3 is 0 Å². The first kappa shape index (κ1) is 23.7.